The second-order valence-corrected chi connectivity index (χ2v) is 31.1. The Morgan fingerprint density at radius 1 is 0.267 bits per heavy atom. The number of likely N-dealkylation sites (N-methyl/N-ethyl adjacent to an activating group) is 2. The summed E-state index contributed by atoms with van der Waals surface area (Å²) in [6, 6.07) is 0. The van der Waals surface area contributed by atoms with Gasteiger partial charge in [-0.15, -0.1) is 0 Å². The van der Waals surface area contributed by atoms with Gasteiger partial charge in [0.2, 0.25) is 23.6 Å². The van der Waals surface area contributed by atoms with Crippen LogP contribution in [0.25, 0.3) is 0 Å². The molecule has 4 amide bonds. The van der Waals surface area contributed by atoms with Crippen molar-refractivity contribution in [3.8, 4) is 0 Å². The van der Waals surface area contributed by atoms with E-state index < -0.39 is 10.4 Å². The minimum absolute atomic E-state index is 0.111. The number of allylic oxidation sites excluding steroid dienone is 8. The van der Waals surface area contributed by atoms with Crippen LogP contribution in [0, 0.1) is 0 Å². The number of aliphatic hydroxyl groups is 2. The minimum atomic E-state index is -5.17. The lowest BCUT2D eigenvalue weighted by Crippen LogP contribution is -2.56. The fraction of sp³-hybridized carbons (Fsp3) is 0.864. The fourth-order valence-electron chi connectivity index (χ4n) is 13.6. The molecule has 0 aliphatic carbocycles. The van der Waals surface area contributed by atoms with Crippen molar-refractivity contribution in [1.82, 2.24) is 21.3 Å². The zero-order valence-electron chi connectivity index (χ0n) is 69.6. The predicted molar refractivity (Wildman–Crippen MR) is 445 cm³/mol. The topological polar surface area (TPSA) is 237 Å². The van der Waals surface area contributed by atoms with Crippen molar-refractivity contribution in [3.05, 3.63) is 48.6 Å². The lowest BCUT2D eigenvalue weighted by atomic mass is 10.1. The standard InChI is InChI=1S/2C44H85N3O3.H2O4S/c2*1-4-7-9-11-13-15-17-19-21-23-25-27-29-31-33-35-43(49)45-37-39-47(6-3,41-42-48)40-38-46-44(50)36-34-32-30-28-26-24-22-20-18-16-14-12-10-8-5-2;1-5(2,3)4/h2*19-22,48H,4-18,23-42H2,1-3H3,(H-,45,46,49,50);(H2,1,2,3,4)/b2*21-19-,22-20-;. The number of aliphatic hydroxyl groups excluding tert-OH is 2. The van der Waals surface area contributed by atoms with Crippen LogP contribution in [-0.2, 0) is 29.6 Å². The molecule has 0 heterocycles. The number of carbonyl (C=O) groups is 4. The molecule has 0 aliphatic heterocycles. The van der Waals surface area contributed by atoms with E-state index in [2.05, 4.69) is 111 Å². The maximum Gasteiger partial charge on any atom is 0.220 e. The number of nitrogens with one attached hydrogen (secondary N) is 4. The molecular formula is C88H172N6O10S. The summed E-state index contributed by atoms with van der Waals surface area (Å²) < 4.78 is 35.5. The molecule has 0 rings (SSSR count). The van der Waals surface area contributed by atoms with Gasteiger partial charge in [-0.05, 0) is 142 Å². The molecule has 0 saturated carbocycles. The molecule has 0 fully saturated rings. The van der Waals surface area contributed by atoms with Gasteiger partial charge in [0.15, 0.2) is 0 Å². The Hall–Kier alpha value is -3.45. The van der Waals surface area contributed by atoms with Crippen LogP contribution in [-0.4, -0.2) is 152 Å². The summed E-state index contributed by atoms with van der Waals surface area (Å²) >= 11 is 0. The van der Waals surface area contributed by atoms with Crippen LogP contribution in [0.2, 0.25) is 0 Å². The van der Waals surface area contributed by atoms with Gasteiger partial charge in [-0.3, -0.25) is 27.6 Å². The summed E-state index contributed by atoms with van der Waals surface area (Å²) in [6.07, 6.45) is 86.8. The van der Waals surface area contributed by atoms with Gasteiger partial charge in [-0.25, -0.2) is 0 Å². The van der Waals surface area contributed by atoms with Gasteiger partial charge in [0.1, 0.15) is 13.1 Å². The molecular weight excluding hydrogens is 1330 g/mol. The maximum absolute atomic E-state index is 12.5. The second-order valence-electron chi connectivity index (χ2n) is 30.2. The normalized spacial score (nSPS) is 12.0. The summed E-state index contributed by atoms with van der Waals surface area (Å²) in [7, 11) is -5.17. The first-order valence-electron chi connectivity index (χ1n) is 44.3. The minimum Gasteiger partial charge on any atom is -0.759 e. The molecule has 0 aliphatic rings. The molecule has 0 unspecified atom stereocenters. The number of nitrogens with zero attached hydrogens (tertiary/aromatic N) is 2. The molecule has 17 heteroatoms. The number of hydrogen-bond donors (Lipinski definition) is 6. The number of unbranched alkanes of at least 4 members (excludes halogenated alkanes) is 44. The molecule has 620 valence electrons. The zero-order chi connectivity index (χ0) is 77.8. The predicted octanol–water partition coefficient (Wildman–Crippen LogP) is 20.9. The van der Waals surface area contributed by atoms with Crippen molar-refractivity contribution >= 4 is 34.0 Å². The maximum atomic E-state index is 12.5. The van der Waals surface area contributed by atoms with Crippen LogP contribution in [0.1, 0.15) is 401 Å². The molecule has 0 aromatic heterocycles. The van der Waals surface area contributed by atoms with Crippen molar-refractivity contribution in [3.63, 3.8) is 0 Å². The van der Waals surface area contributed by atoms with Crippen molar-refractivity contribution in [2.24, 2.45) is 0 Å². The Kier molecular flexibility index (Phi) is 85.1. The van der Waals surface area contributed by atoms with Gasteiger partial charge in [0.05, 0.1) is 78.7 Å². The number of quaternary nitrogens is 2. The lowest BCUT2D eigenvalue weighted by Gasteiger charge is -2.37. The van der Waals surface area contributed by atoms with Crippen molar-refractivity contribution in [2.45, 2.75) is 401 Å². The number of hydrogen-bond acceptors (Lipinski definition) is 10. The highest BCUT2D eigenvalue weighted by Crippen LogP contribution is 2.17. The first-order chi connectivity index (χ1) is 51.1. The third kappa shape index (κ3) is 86.0. The summed E-state index contributed by atoms with van der Waals surface area (Å²) in [5.41, 5.74) is 0. The Bertz CT molecular complexity index is 1850. The number of carbonyl (C=O) groups excluding carboxylic acids is 4. The highest BCUT2D eigenvalue weighted by molar-refractivity contribution is 7.79. The molecule has 0 atom stereocenters. The lowest BCUT2D eigenvalue weighted by molar-refractivity contribution is -0.924. The largest absolute Gasteiger partial charge is 0.759 e. The third-order valence-electron chi connectivity index (χ3n) is 20.8. The van der Waals surface area contributed by atoms with Gasteiger partial charge < -0.3 is 49.6 Å². The Morgan fingerprint density at radius 3 is 0.571 bits per heavy atom. The Balaban J connectivity index is -0.00000186. The number of amides is 4. The molecule has 0 aromatic rings. The molecule has 0 bridgehead atoms. The van der Waals surface area contributed by atoms with Crippen molar-refractivity contribution < 1.29 is 55.9 Å². The van der Waals surface area contributed by atoms with E-state index in [0.717, 1.165) is 90.6 Å². The number of rotatable bonds is 78. The average molecular weight is 1510 g/mol. The van der Waals surface area contributed by atoms with Crippen LogP contribution in [0.5, 0.6) is 0 Å². The monoisotopic (exact) mass is 1510 g/mol. The van der Waals surface area contributed by atoms with Gasteiger partial charge in [-0.1, -0.05) is 282 Å². The van der Waals surface area contributed by atoms with Crippen molar-refractivity contribution in [1.29, 1.82) is 0 Å². The van der Waals surface area contributed by atoms with Gasteiger partial charge in [-0.2, -0.15) is 0 Å². The summed E-state index contributed by atoms with van der Waals surface area (Å²) in [6.45, 7) is 22.2. The molecule has 0 saturated heterocycles. The van der Waals surface area contributed by atoms with E-state index in [1.165, 1.54) is 283 Å². The van der Waals surface area contributed by atoms with E-state index in [0.29, 0.717) is 73.9 Å². The quantitative estimate of drug-likeness (QED) is 0.0111. The van der Waals surface area contributed by atoms with Crippen molar-refractivity contribution in [2.75, 3.05) is 91.8 Å². The van der Waals surface area contributed by atoms with Crippen LogP contribution >= 0.6 is 0 Å². The van der Waals surface area contributed by atoms with Gasteiger partial charge >= 0.3 is 0 Å². The second kappa shape index (κ2) is 84.6. The first kappa shape index (κ1) is 106. The third-order valence-corrected chi connectivity index (χ3v) is 20.8. The van der Waals surface area contributed by atoms with E-state index in [1.807, 2.05) is 0 Å². The zero-order valence-corrected chi connectivity index (χ0v) is 70.4. The van der Waals surface area contributed by atoms with E-state index in [9.17, 15) is 29.4 Å². The fourth-order valence-corrected chi connectivity index (χ4v) is 13.6. The molecule has 16 nitrogen and oxygen atoms in total. The van der Waals surface area contributed by atoms with E-state index >= 15 is 0 Å². The van der Waals surface area contributed by atoms with E-state index in [4.69, 9.17) is 17.5 Å². The SMILES string of the molecule is CCCCCCCC/C=C\CCCCCCCC(=O)NCC[N+](CC)(CCO)CCNC(=O)CCCCCCC/C=C\CCCCCCCC.CCCCCCCC/C=C\CCCCCCCC(=O)NCC[N+](CC)(CCO)CCNC(=O)CCCCCCC/C=C\CCCCCCCC.O=S(=O)([O-])[O-]. The molecule has 0 spiro atoms. The van der Waals surface area contributed by atoms with Gasteiger partial charge in [0.25, 0.3) is 0 Å². The van der Waals surface area contributed by atoms with Crippen LogP contribution in [0.15, 0.2) is 48.6 Å². The molecule has 0 radical (unpaired) electrons. The van der Waals surface area contributed by atoms with Crippen LogP contribution in [0.4, 0.5) is 0 Å². The average Bonchev–Trinajstić information content (AvgIpc) is 0.887. The molecule has 0 aromatic carbocycles. The van der Waals surface area contributed by atoms with E-state index in [1.54, 1.807) is 0 Å². The summed E-state index contributed by atoms with van der Waals surface area (Å²) in [5.74, 6) is 0.534. The highest BCUT2D eigenvalue weighted by Gasteiger charge is 2.26. The van der Waals surface area contributed by atoms with Crippen LogP contribution in [0.3, 0.4) is 0 Å². The van der Waals surface area contributed by atoms with Crippen LogP contribution < -0.4 is 21.3 Å². The molecule has 6 N–H and O–H groups in total. The first-order valence-corrected chi connectivity index (χ1v) is 45.6. The van der Waals surface area contributed by atoms with E-state index in [-0.39, 0.29) is 36.8 Å². The Labute approximate surface area is 649 Å². The molecule has 105 heavy (non-hydrogen) atoms. The summed E-state index contributed by atoms with van der Waals surface area (Å²) in [4.78, 5) is 49.8. The highest BCUT2D eigenvalue weighted by atomic mass is 32.3. The summed E-state index contributed by atoms with van der Waals surface area (Å²) in [5, 5.41) is 32.0. The Morgan fingerprint density at radius 2 is 0.419 bits per heavy atom. The smallest absolute Gasteiger partial charge is 0.220 e. The van der Waals surface area contributed by atoms with Gasteiger partial charge in [0, 0.05) is 36.1 Å².